The lowest BCUT2D eigenvalue weighted by Crippen LogP contribution is -2.06. The van der Waals surface area contributed by atoms with Crippen molar-refractivity contribution in [2.75, 3.05) is 5.32 Å². The molecule has 0 spiro atoms. The Hall–Kier alpha value is -1.68. The summed E-state index contributed by atoms with van der Waals surface area (Å²) in [4.78, 5) is 15.2. The van der Waals surface area contributed by atoms with E-state index < -0.39 is 0 Å². The second-order valence-electron chi connectivity index (χ2n) is 2.73. The van der Waals surface area contributed by atoms with E-state index >= 15 is 0 Å². The van der Waals surface area contributed by atoms with Crippen LogP contribution in [0.1, 0.15) is 0 Å². The molecule has 0 aliphatic heterocycles. The number of nitrogens with zero attached hydrogens (tertiary/aromatic N) is 1. The number of fused-ring (bicyclic) bond motifs is 1. The second-order valence-corrected chi connectivity index (χ2v) is 3.61. The second kappa shape index (κ2) is 3.59. The molecule has 0 saturated heterocycles. The van der Waals surface area contributed by atoms with Crippen LogP contribution in [0.15, 0.2) is 36.4 Å². The van der Waals surface area contributed by atoms with E-state index in [0.29, 0.717) is 0 Å². The lowest BCUT2D eigenvalue weighted by Gasteiger charge is -2.00. The molecule has 3 nitrogen and oxygen atoms in total. The third kappa shape index (κ3) is 1.65. The highest BCUT2D eigenvalue weighted by molar-refractivity contribution is 7.16. The normalized spacial score (nSPS) is 10.0. The number of carbonyl (C=O) groups excluding carboxylic acids is 1. The summed E-state index contributed by atoms with van der Waals surface area (Å²) < 4.78 is 1.06. The number of amides is 1. The Balaban J connectivity index is 2.34. The van der Waals surface area contributed by atoms with E-state index in [1.165, 1.54) is 6.08 Å². The molecule has 0 atom stereocenters. The van der Waals surface area contributed by atoms with Crippen LogP contribution >= 0.6 is 11.3 Å². The Morgan fingerprint density at radius 1 is 1.57 bits per heavy atom. The quantitative estimate of drug-likeness (QED) is 0.763. The molecule has 2 rings (SSSR count). The molecular weight excluding hydrogens is 196 g/mol. The largest absolute Gasteiger partial charge is 0.322 e. The smallest absolute Gasteiger partial charge is 0.247 e. The molecule has 1 N–H and O–H groups in total. The molecule has 4 heteroatoms. The highest BCUT2D eigenvalue weighted by atomic mass is 32.1. The van der Waals surface area contributed by atoms with E-state index in [1.54, 1.807) is 16.8 Å². The number of anilines is 1. The van der Waals surface area contributed by atoms with Gasteiger partial charge in [-0.15, -0.1) is 11.3 Å². The average Bonchev–Trinajstić information content (AvgIpc) is 2.64. The van der Waals surface area contributed by atoms with E-state index in [0.717, 1.165) is 15.9 Å². The lowest BCUT2D eigenvalue weighted by molar-refractivity contribution is -0.111. The van der Waals surface area contributed by atoms with Gasteiger partial charge >= 0.3 is 0 Å². The fourth-order valence-electron chi connectivity index (χ4n) is 1.13. The summed E-state index contributed by atoms with van der Waals surface area (Å²) in [5.74, 6) is -0.200. The maximum absolute atomic E-state index is 11.0. The van der Waals surface area contributed by atoms with Crippen LogP contribution < -0.4 is 5.32 Å². The maximum Gasteiger partial charge on any atom is 0.247 e. The molecule has 0 bridgehead atoms. The van der Waals surface area contributed by atoms with E-state index in [2.05, 4.69) is 16.9 Å². The molecule has 1 amide bonds. The number of benzene rings is 1. The molecule has 14 heavy (non-hydrogen) atoms. The monoisotopic (exact) mass is 204 g/mol. The van der Waals surface area contributed by atoms with E-state index in [9.17, 15) is 4.79 Å². The number of carbonyl (C=O) groups is 1. The van der Waals surface area contributed by atoms with Crippen molar-refractivity contribution >= 4 is 33.1 Å². The van der Waals surface area contributed by atoms with Gasteiger partial charge in [0.05, 0.1) is 15.7 Å². The van der Waals surface area contributed by atoms with Crippen LogP contribution in [0.25, 0.3) is 10.2 Å². The zero-order chi connectivity index (χ0) is 9.97. The summed E-state index contributed by atoms with van der Waals surface area (Å²) in [5.41, 5.74) is 3.50. The molecule has 0 fully saturated rings. The first kappa shape index (κ1) is 8.90. The van der Waals surface area contributed by atoms with Crippen molar-refractivity contribution in [3.05, 3.63) is 36.4 Å². The summed E-state index contributed by atoms with van der Waals surface area (Å²) in [7, 11) is 0. The maximum atomic E-state index is 11.0. The van der Waals surface area contributed by atoms with E-state index in [1.807, 2.05) is 18.2 Å². The molecule has 0 aliphatic carbocycles. The van der Waals surface area contributed by atoms with Crippen molar-refractivity contribution in [3.63, 3.8) is 0 Å². The molecule has 1 aromatic heterocycles. The van der Waals surface area contributed by atoms with Crippen LogP contribution in [0.4, 0.5) is 5.69 Å². The van der Waals surface area contributed by atoms with Crippen LogP contribution in [0, 0.1) is 0 Å². The molecule has 0 aliphatic rings. The first-order valence-corrected chi connectivity index (χ1v) is 4.94. The fraction of sp³-hybridized carbons (Fsp3) is 0. The molecule has 1 heterocycles. The minimum atomic E-state index is -0.200. The predicted octanol–water partition coefficient (Wildman–Crippen LogP) is 2.42. The van der Waals surface area contributed by atoms with Crippen molar-refractivity contribution in [3.8, 4) is 0 Å². The Morgan fingerprint density at radius 2 is 2.43 bits per heavy atom. The molecule has 70 valence electrons. The zero-order valence-electron chi connectivity index (χ0n) is 7.36. The number of hydrogen-bond donors (Lipinski definition) is 1. The molecule has 0 saturated carbocycles. The Labute approximate surface area is 85.1 Å². The predicted molar refractivity (Wildman–Crippen MR) is 58.4 cm³/mol. The van der Waals surface area contributed by atoms with Gasteiger partial charge in [-0.05, 0) is 24.3 Å². The third-order valence-corrected chi connectivity index (χ3v) is 2.58. The number of hydrogen-bond acceptors (Lipinski definition) is 3. The van der Waals surface area contributed by atoms with E-state index in [-0.39, 0.29) is 5.91 Å². The van der Waals surface area contributed by atoms with Crippen molar-refractivity contribution in [2.24, 2.45) is 0 Å². The minimum Gasteiger partial charge on any atom is -0.322 e. The van der Waals surface area contributed by atoms with Crippen LogP contribution in [0.3, 0.4) is 0 Å². The fourth-order valence-corrected chi connectivity index (χ4v) is 1.84. The van der Waals surface area contributed by atoms with Crippen molar-refractivity contribution < 1.29 is 4.79 Å². The molecule has 1 aromatic carbocycles. The van der Waals surface area contributed by atoms with Crippen molar-refractivity contribution in [1.29, 1.82) is 0 Å². The summed E-state index contributed by atoms with van der Waals surface area (Å²) >= 11 is 1.55. The topological polar surface area (TPSA) is 42.0 Å². The SMILES string of the molecule is C=CC(=O)Nc1ccc2ncsc2c1. The summed E-state index contributed by atoms with van der Waals surface area (Å²) in [5, 5.41) is 2.70. The van der Waals surface area contributed by atoms with Gasteiger partial charge < -0.3 is 5.32 Å². The highest BCUT2D eigenvalue weighted by Crippen LogP contribution is 2.21. The van der Waals surface area contributed by atoms with Gasteiger partial charge in [0.15, 0.2) is 0 Å². The Kier molecular flexibility index (Phi) is 2.28. The highest BCUT2D eigenvalue weighted by Gasteiger charge is 2.00. The lowest BCUT2D eigenvalue weighted by atomic mass is 10.3. The zero-order valence-corrected chi connectivity index (χ0v) is 8.17. The average molecular weight is 204 g/mol. The number of aromatic nitrogens is 1. The summed E-state index contributed by atoms with van der Waals surface area (Å²) in [6, 6.07) is 5.60. The molecule has 0 unspecified atom stereocenters. The van der Waals surface area contributed by atoms with Crippen LogP contribution in [-0.2, 0) is 4.79 Å². The Morgan fingerprint density at radius 3 is 3.21 bits per heavy atom. The molecular formula is C10H8N2OS. The van der Waals surface area contributed by atoms with Gasteiger partial charge in [0.25, 0.3) is 0 Å². The van der Waals surface area contributed by atoms with Gasteiger partial charge in [0.1, 0.15) is 0 Å². The first-order valence-electron chi connectivity index (χ1n) is 4.06. The minimum absolute atomic E-state index is 0.200. The van der Waals surface area contributed by atoms with Gasteiger partial charge in [-0.1, -0.05) is 6.58 Å². The number of thiazole rings is 1. The number of rotatable bonds is 2. The van der Waals surface area contributed by atoms with Crippen LogP contribution in [0.5, 0.6) is 0 Å². The van der Waals surface area contributed by atoms with E-state index in [4.69, 9.17) is 0 Å². The number of nitrogens with one attached hydrogen (secondary N) is 1. The van der Waals surface area contributed by atoms with Gasteiger partial charge in [0, 0.05) is 5.69 Å². The van der Waals surface area contributed by atoms with Crippen LogP contribution in [-0.4, -0.2) is 10.9 Å². The van der Waals surface area contributed by atoms with Crippen molar-refractivity contribution in [1.82, 2.24) is 4.98 Å². The molecule has 0 radical (unpaired) electrons. The standard InChI is InChI=1S/C10H8N2OS/c1-2-10(13)12-7-3-4-8-9(5-7)14-6-11-8/h2-6H,1H2,(H,12,13). The first-order chi connectivity index (χ1) is 6.79. The van der Waals surface area contributed by atoms with Crippen molar-refractivity contribution in [2.45, 2.75) is 0 Å². The van der Waals surface area contributed by atoms with Crippen LogP contribution in [0.2, 0.25) is 0 Å². The summed E-state index contributed by atoms with van der Waals surface area (Å²) in [6.07, 6.45) is 1.25. The third-order valence-electron chi connectivity index (χ3n) is 1.78. The van der Waals surface area contributed by atoms with Gasteiger partial charge in [-0.3, -0.25) is 4.79 Å². The summed E-state index contributed by atoms with van der Waals surface area (Å²) in [6.45, 7) is 3.39. The van der Waals surface area contributed by atoms with Gasteiger partial charge in [-0.2, -0.15) is 0 Å². The molecule has 2 aromatic rings. The van der Waals surface area contributed by atoms with Gasteiger partial charge in [-0.25, -0.2) is 4.98 Å². The Bertz CT molecular complexity index is 490. The van der Waals surface area contributed by atoms with Gasteiger partial charge in [0.2, 0.25) is 5.91 Å².